The number of rotatable bonds is 4. The van der Waals surface area contributed by atoms with Crippen LogP contribution in [0, 0.1) is 0 Å². The number of aromatic nitrogens is 2. The summed E-state index contributed by atoms with van der Waals surface area (Å²) in [6, 6.07) is 10.0. The summed E-state index contributed by atoms with van der Waals surface area (Å²) in [4.78, 5) is 12.6. The molecule has 0 atom stereocenters. The van der Waals surface area contributed by atoms with Crippen LogP contribution in [0.25, 0.3) is 22.0 Å². The van der Waals surface area contributed by atoms with E-state index in [2.05, 4.69) is 15.5 Å². The lowest BCUT2D eigenvalue weighted by atomic mass is 9.78. The Morgan fingerprint density at radius 1 is 1.19 bits per heavy atom. The molecule has 1 aromatic heterocycles. The van der Waals surface area contributed by atoms with Crippen LogP contribution in [0.4, 0.5) is 5.69 Å². The fourth-order valence-corrected chi connectivity index (χ4v) is 2.75. The van der Waals surface area contributed by atoms with Gasteiger partial charge in [-0.25, -0.2) is 0 Å². The fourth-order valence-electron chi connectivity index (χ4n) is 2.75. The van der Waals surface area contributed by atoms with Crippen molar-refractivity contribution in [3.05, 3.63) is 48.2 Å². The van der Waals surface area contributed by atoms with Gasteiger partial charge in [-0.15, -0.1) is 0 Å². The second-order valence-electron chi connectivity index (χ2n) is 6.34. The van der Waals surface area contributed by atoms with Gasteiger partial charge in [-0.1, -0.05) is 18.2 Å². The van der Waals surface area contributed by atoms with Crippen LogP contribution >= 0.6 is 0 Å². The number of amides is 1. The van der Waals surface area contributed by atoms with Crippen molar-refractivity contribution in [2.24, 2.45) is 0 Å². The number of anilines is 1. The number of hydrogen-bond donors (Lipinski definition) is 4. The number of carbonyl (C=O) groups excluding carboxylic acids is 1. The van der Waals surface area contributed by atoms with Gasteiger partial charge in [0.25, 0.3) is 5.91 Å². The van der Waals surface area contributed by atoms with E-state index in [4.69, 9.17) is 5.73 Å². The Morgan fingerprint density at radius 2 is 1.96 bits per heavy atom. The molecule has 3 aromatic rings. The molecule has 0 aliphatic carbocycles. The smallest absolute Gasteiger partial charge is 0.423 e. The summed E-state index contributed by atoms with van der Waals surface area (Å²) in [5.74, 6) is -0.243. The summed E-state index contributed by atoms with van der Waals surface area (Å²) in [6.45, 7) is 3.75. The third-order valence-electron chi connectivity index (χ3n) is 3.99. The summed E-state index contributed by atoms with van der Waals surface area (Å²) < 4.78 is 0. The Labute approximate surface area is 151 Å². The van der Waals surface area contributed by atoms with Crippen LogP contribution in [0.15, 0.2) is 42.6 Å². The lowest BCUT2D eigenvalue weighted by Gasteiger charge is -2.14. The molecule has 0 radical (unpaired) electrons. The van der Waals surface area contributed by atoms with Gasteiger partial charge in [-0.2, -0.15) is 10.2 Å². The van der Waals surface area contributed by atoms with E-state index in [1.165, 1.54) is 12.3 Å². The van der Waals surface area contributed by atoms with E-state index >= 15 is 0 Å². The van der Waals surface area contributed by atoms with E-state index < -0.39 is 7.12 Å². The molecule has 1 heterocycles. The lowest BCUT2D eigenvalue weighted by Crippen LogP contribution is -2.33. The third kappa shape index (κ3) is 3.51. The third-order valence-corrected chi connectivity index (χ3v) is 3.99. The average Bonchev–Trinajstić information content (AvgIpc) is 2.60. The molecular weight excluding hydrogens is 331 g/mol. The van der Waals surface area contributed by atoms with Gasteiger partial charge in [0.05, 0.1) is 17.4 Å². The number of benzene rings is 2. The monoisotopic (exact) mass is 350 g/mol. The number of nitrogens with zero attached hydrogens (tertiary/aromatic N) is 2. The molecular formula is C18H19BN4O3. The maximum atomic E-state index is 12.6. The Bertz CT molecular complexity index is 976. The van der Waals surface area contributed by atoms with Crippen molar-refractivity contribution in [2.45, 2.75) is 19.9 Å². The van der Waals surface area contributed by atoms with Crippen molar-refractivity contribution in [3.8, 4) is 11.1 Å². The molecule has 0 saturated heterocycles. The minimum Gasteiger partial charge on any atom is -0.423 e. The number of nitrogen functional groups attached to an aromatic ring is 1. The van der Waals surface area contributed by atoms with Gasteiger partial charge in [0.15, 0.2) is 0 Å². The zero-order valence-electron chi connectivity index (χ0n) is 14.5. The van der Waals surface area contributed by atoms with E-state index in [1.807, 2.05) is 19.9 Å². The number of fused-ring (bicyclic) bond motifs is 1. The molecule has 1 amide bonds. The predicted molar refractivity (Wildman–Crippen MR) is 102 cm³/mol. The Balaban J connectivity index is 2.18. The molecule has 3 rings (SSSR count). The Hall–Kier alpha value is -2.97. The maximum absolute atomic E-state index is 12.6. The summed E-state index contributed by atoms with van der Waals surface area (Å²) in [6.07, 6.45) is 1.48. The van der Waals surface area contributed by atoms with E-state index in [9.17, 15) is 14.8 Å². The van der Waals surface area contributed by atoms with Crippen LogP contribution in [0.5, 0.6) is 0 Å². The highest BCUT2D eigenvalue weighted by Crippen LogP contribution is 2.28. The van der Waals surface area contributed by atoms with Crippen LogP contribution in [0.1, 0.15) is 24.2 Å². The first-order chi connectivity index (χ1) is 12.4. The number of nitrogens with two attached hydrogens (primary N) is 1. The second-order valence-corrected chi connectivity index (χ2v) is 6.34. The molecule has 26 heavy (non-hydrogen) atoms. The highest BCUT2D eigenvalue weighted by molar-refractivity contribution is 6.58. The molecule has 0 spiro atoms. The topological polar surface area (TPSA) is 121 Å². The molecule has 0 bridgehead atoms. The van der Waals surface area contributed by atoms with E-state index in [0.717, 1.165) is 5.39 Å². The number of nitrogens with one attached hydrogen (secondary N) is 1. The van der Waals surface area contributed by atoms with Crippen LogP contribution in [-0.2, 0) is 0 Å². The molecule has 5 N–H and O–H groups in total. The molecule has 2 aromatic carbocycles. The van der Waals surface area contributed by atoms with Gasteiger partial charge in [0.1, 0.15) is 0 Å². The lowest BCUT2D eigenvalue weighted by molar-refractivity contribution is 0.0943. The van der Waals surface area contributed by atoms with Crippen molar-refractivity contribution in [1.29, 1.82) is 0 Å². The average molecular weight is 350 g/mol. The van der Waals surface area contributed by atoms with Crippen molar-refractivity contribution in [3.63, 3.8) is 0 Å². The second kappa shape index (κ2) is 7.11. The first-order valence-corrected chi connectivity index (χ1v) is 8.19. The Kier molecular flexibility index (Phi) is 4.88. The summed E-state index contributed by atoms with van der Waals surface area (Å²) in [5, 5.41) is 30.5. The highest BCUT2D eigenvalue weighted by Gasteiger charge is 2.19. The van der Waals surface area contributed by atoms with Gasteiger partial charge in [-0.3, -0.25) is 4.79 Å². The van der Waals surface area contributed by atoms with Crippen LogP contribution in [0.3, 0.4) is 0 Å². The first-order valence-electron chi connectivity index (χ1n) is 8.19. The zero-order chi connectivity index (χ0) is 18.8. The molecule has 132 valence electrons. The van der Waals surface area contributed by atoms with E-state index in [-0.39, 0.29) is 11.9 Å². The normalized spacial score (nSPS) is 11.0. The fraction of sp³-hybridized carbons (Fsp3) is 0.167. The van der Waals surface area contributed by atoms with E-state index in [1.54, 1.807) is 24.3 Å². The first kappa shape index (κ1) is 17.8. The standard InChI is InChI=1S/C18H19BN4O3/c1-10(2)22-18(24)13-6-4-12(19(25)26)8-15(13)11-3-5-14-16(20)9-21-23-17(14)7-11/h3-10,25-26H,1-2H3,(H2,20,23)(H,22,24). The summed E-state index contributed by atoms with van der Waals surface area (Å²) in [7, 11) is -1.63. The zero-order valence-corrected chi connectivity index (χ0v) is 14.5. The summed E-state index contributed by atoms with van der Waals surface area (Å²) >= 11 is 0. The molecule has 0 aliphatic rings. The van der Waals surface area contributed by atoms with Gasteiger partial charge in [-0.05, 0) is 48.6 Å². The minimum atomic E-state index is -1.63. The molecule has 0 aliphatic heterocycles. The van der Waals surface area contributed by atoms with Crippen molar-refractivity contribution in [1.82, 2.24) is 15.5 Å². The van der Waals surface area contributed by atoms with E-state index in [0.29, 0.717) is 33.4 Å². The maximum Gasteiger partial charge on any atom is 0.488 e. The molecule has 0 saturated carbocycles. The number of carbonyl (C=O) groups is 1. The van der Waals surface area contributed by atoms with Gasteiger partial charge in [0.2, 0.25) is 0 Å². The van der Waals surface area contributed by atoms with Crippen molar-refractivity contribution < 1.29 is 14.8 Å². The summed E-state index contributed by atoms with van der Waals surface area (Å²) in [5.41, 5.74) is 9.01. The van der Waals surface area contributed by atoms with Crippen molar-refractivity contribution >= 4 is 35.1 Å². The van der Waals surface area contributed by atoms with Crippen LogP contribution < -0.4 is 16.5 Å². The van der Waals surface area contributed by atoms with Gasteiger partial charge >= 0.3 is 7.12 Å². The minimum absolute atomic E-state index is 0.0271. The number of hydrogen-bond acceptors (Lipinski definition) is 6. The molecule has 8 heteroatoms. The van der Waals surface area contributed by atoms with Crippen LogP contribution in [-0.4, -0.2) is 39.3 Å². The van der Waals surface area contributed by atoms with Gasteiger partial charge < -0.3 is 21.1 Å². The largest absolute Gasteiger partial charge is 0.488 e. The molecule has 7 nitrogen and oxygen atoms in total. The van der Waals surface area contributed by atoms with Crippen LogP contribution in [0.2, 0.25) is 0 Å². The predicted octanol–water partition coefficient (Wildman–Crippen LogP) is 0.697. The quantitative estimate of drug-likeness (QED) is 0.514. The molecule has 0 unspecified atom stereocenters. The Morgan fingerprint density at radius 3 is 2.65 bits per heavy atom. The molecule has 0 fully saturated rings. The SMILES string of the molecule is CC(C)NC(=O)c1ccc(B(O)O)cc1-c1ccc2c(N)cnnc2c1. The van der Waals surface area contributed by atoms with Gasteiger partial charge in [0, 0.05) is 17.0 Å². The van der Waals surface area contributed by atoms with Crippen molar-refractivity contribution in [2.75, 3.05) is 5.73 Å². The highest BCUT2D eigenvalue weighted by atomic mass is 16.4.